The zero-order valence-corrected chi connectivity index (χ0v) is 13.8. The first-order valence-corrected chi connectivity index (χ1v) is 7.29. The number of carboxylic acids is 1. The van der Waals surface area contributed by atoms with E-state index in [9.17, 15) is 14.7 Å². The number of benzene rings is 1. The van der Waals surface area contributed by atoms with Gasteiger partial charge in [-0.15, -0.1) is 0 Å². The van der Waals surface area contributed by atoms with Crippen molar-refractivity contribution in [1.82, 2.24) is 5.32 Å². The van der Waals surface area contributed by atoms with Gasteiger partial charge in [0.05, 0.1) is 0 Å². The molecule has 1 rings (SSSR count). The summed E-state index contributed by atoms with van der Waals surface area (Å²) in [7, 11) is 0. The Morgan fingerprint density at radius 1 is 1.14 bits per heavy atom. The first-order chi connectivity index (χ1) is 10.0. The highest BCUT2D eigenvalue weighted by Gasteiger charge is 2.31. The van der Waals surface area contributed by atoms with Gasteiger partial charge in [0.15, 0.2) is 0 Å². The van der Waals surface area contributed by atoms with Crippen LogP contribution >= 0.6 is 0 Å². The fourth-order valence-electron chi connectivity index (χ4n) is 2.17. The molecule has 0 fully saturated rings. The highest BCUT2D eigenvalue weighted by molar-refractivity contribution is 5.80. The number of carbonyl (C=O) groups is 2. The number of alkyl carbamates (subject to hydrolysis) is 1. The third-order valence-corrected chi connectivity index (χ3v) is 3.26. The van der Waals surface area contributed by atoms with Gasteiger partial charge in [-0.05, 0) is 38.2 Å². The van der Waals surface area contributed by atoms with Crippen LogP contribution in [0.25, 0.3) is 0 Å². The largest absolute Gasteiger partial charge is 0.480 e. The van der Waals surface area contributed by atoms with Gasteiger partial charge in [-0.3, -0.25) is 0 Å². The minimum atomic E-state index is -1.07. The summed E-state index contributed by atoms with van der Waals surface area (Å²) in [4.78, 5) is 23.2. The van der Waals surface area contributed by atoms with Crippen molar-refractivity contribution in [2.24, 2.45) is 0 Å². The van der Waals surface area contributed by atoms with E-state index < -0.39 is 23.7 Å². The second kappa shape index (κ2) is 6.81. The molecule has 0 radical (unpaired) electrons. The lowest BCUT2D eigenvalue weighted by atomic mass is 9.79. The Labute approximate surface area is 131 Å². The second-order valence-corrected chi connectivity index (χ2v) is 6.99. The number of carbonyl (C=O) groups excluding carboxylic acids is 1. The molecular formula is C17H25NO4. The van der Waals surface area contributed by atoms with Gasteiger partial charge in [0.1, 0.15) is 11.6 Å². The van der Waals surface area contributed by atoms with Crippen LogP contribution in [-0.2, 0) is 14.9 Å². The minimum Gasteiger partial charge on any atom is -0.480 e. The van der Waals surface area contributed by atoms with E-state index in [1.54, 1.807) is 20.8 Å². The molecule has 0 spiro atoms. The molecule has 5 nitrogen and oxygen atoms in total. The molecule has 1 aromatic rings. The van der Waals surface area contributed by atoms with Gasteiger partial charge >= 0.3 is 12.1 Å². The van der Waals surface area contributed by atoms with Gasteiger partial charge in [-0.1, -0.05) is 44.2 Å². The molecule has 1 aromatic carbocycles. The normalized spacial score (nSPS) is 13.3. The van der Waals surface area contributed by atoms with Crippen molar-refractivity contribution in [3.05, 3.63) is 35.9 Å². The summed E-state index contributed by atoms with van der Waals surface area (Å²) in [5.41, 5.74) is -0.0336. The third-order valence-electron chi connectivity index (χ3n) is 3.26. The number of hydrogen-bond acceptors (Lipinski definition) is 3. The van der Waals surface area contributed by atoms with Crippen LogP contribution in [0.1, 0.15) is 46.6 Å². The van der Waals surface area contributed by atoms with Crippen LogP contribution in [0, 0.1) is 0 Å². The van der Waals surface area contributed by atoms with Crippen molar-refractivity contribution in [3.8, 4) is 0 Å². The van der Waals surface area contributed by atoms with Crippen molar-refractivity contribution in [3.63, 3.8) is 0 Å². The smallest absolute Gasteiger partial charge is 0.408 e. The van der Waals surface area contributed by atoms with Crippen LogP contribution in [0.5, 0.6) is 0 Å². The second-order valence-electron chi connectivity index (χ2n) is 6.99. The number of amides is 1. The molecule has 0 aliphatic rings. The van der Waals surface area contributed by atoms with E-state index in [1.165, 1.54) is 0 Å². The lowest BCUT2D eigenvalue weighted by Crippen LogP contribution is -2.46. The van der Waals surface area contributed by atoms with Crippen molar-refractivity contribution < 1.29 is 19.4 Å². The molecule has 2 N–H and O–H groups in total. The molecule has 0 saturated heterocycles. The minimum absolute atomic E-state index is 0.269. The van der Waals surface area contributed by atoms with E-state index in [2.05, 4.69) is 5.32 Å². The number of rotatable bonds is 5. The van der Waals surface area contributed by atoms with E-state index in [0.717, 1.165) is 5.56 Å². The summed E-state index contributed by atoms with van der Waals surface area (Å²) < 4.78 is 5.13. The van der Waals surface area contributed by atoms with Crippen LogP contribution < -0.4 is 5.32 Å². The maximum absolute atomic E-state index is 11.8. The maximum atomic E-state index is 11.8. The molecule has 1 atom stereocenters. The van der Waals surface area contributed by atoms with Crippen molar-refractivity contribution in [1.29, 1.82) is 0 Å². The van der Waals surface area contributed by atoms with Gasteiger partial charge in [0.2, 0.25) is 0 Å². The van der Waals surface area contributed by atoms with Crippen LogP contribution in [0.15, 0.2) is 30.3 Å². The Hall–Kier alpha value is -2.04. The average Bonchev–Trinajstić information content (AvgIpc) is 2.36. The molecule has 1 amide bonds. The lowest BCUT2D eigenvalue weighted by molar-refractivity contribution is -0.140. The standard InChI is InChI=1S/C17H25NO4/c1-16(2,3)22-15(21)18-13(14(19)20)11-17(4,5)12-9-7-6-8-10-12/h6-10,13H,11H2,1-5H3,(H,18,21)(H,19,20). The Kier molecular flexibility index (Phi) is 5.58. The van der Waals surface area contributed by atoms with Gasteiger partial charge in [-0.25, -0.2) is 9.59 Å². The molecule has 0 bridgehead atoms. The SMILES string of the molecule is CC(C)(C)OC(=O)NC(CC(C)(C)c1ccccc1)C(=O)O. The summed E-state index contributed by atoms with van der Waals surface area (Å²) in [6.45, 7) is 9.10. The van der Waals surface area contributed by atoms with Gasteiger partial charge < -0.3 is 15.2 Å². The molecule has 0 aliphatic heterocycles. The lowest BCUT2D eigenvalue weighted by Gasteiger charge is -2.29. The molecule has 0 aliphatic carbocycles. The summed E-state index contributed by atoms with van der Waals surface area (Å²) >= 11 is 0. The molecule has 5 heteroatoms. The van der Waals surface area contributed by atoms with Crippen LogP contribution in [0.4, 0.5) is 4.79 Å². The fourth-order valence-corrected chi connectivity index (χ4v) is 2.17. The first kappa shape index (κ1) is 18.0. The molecule has 0 saturated carbocycles. The summed E-state index contributed by atoms with van der Waals surface area (Å²) in [5, 5.41) is 11.8. The van der Waals surface area contributed by atoms with Crippen molar-refractivity contribution >= 4 is 12.1 Å². The van der Waals surface area contributed by atoms with Crippen molar-refractivity contribution in [2.45, 2.75) is 58.1 Å². The highest BCUT2D eigenvalue weighted by Crippen LogP contribution is 2.28. The quantitative estimate of drug-likeness (QED) is 0.875. The zero-order chi connectivity index (χ0) is 17.0. The highest BCUT2D eigenvalue weighted by atomic mass is 16.6. The third kappa shape index (κ3) is 5.76. The fraction of sp³-hybridized carbons (Fsp3) is 0.529. The predicted molar refractivity (Wildman–Crippen MR) is 84.9 cm³/mol. The predicted octanol–water partition coefficient (Wildman–Crippen LogP) is 3.33. The number of hydrogen-bond donors (Lipinski definition) is 2. The Morgan fingerprint density at radius 3 is 2.14 bits per heavy atom. The maximum Gasteiger partial charge on any atom is 0.408 e. The van der Waals surface area contributed by atoms with Gasteiger partial charge in [0.25, 0.3) is 0 Å². The Morgan fingerprint density at radius 2 is 1.68 bits per heavy atom. The van der Waals surface area contributed by atoms with E-state index in [0.29, 0.717) is 0 Å². The van der Waals surface area contributed by atoms with E-state index >= 15 is 0 Å². The molecule has 0 heterocycles. The first-order valence-electron chi connectivity index (χ1n) is 7.29. The van der Waals surface area contributed by atoms with E-state index in [4.69, 9.17) is 4.74 Å². The van der Waals surface area contributed by atoms with Crippen LogP contribution in [0.3, 0.4) is 0 Å². The molecular weight excluding hydrogens is 282 g/mol. The number of nitrogens with one attached hydrogen (secondary N) is 1. The molecule has 0 aromatic heterocycles. The Balaban J connectivity index is 2.80. The average molecular weight is 307 g/mol. The van der Waals surface area contributed by atoms with Gasteiger partial charge in [-0.2, -0.15) is 0 Å². The Bertz CT molecular complexity index is 517. The molecule has 22 heavy (non-hydrogen) atoms. The van der Waals surface area contributed by atoms with Crippen LogP contribution in [-0.4, -0.2) is 28.8 Å². The number of ether oxygens (including phenoxy) is 1. The summed E-state index contributed by atoms with van der Waals surface area (Å²) in [6, 6.07) is 8.62. The molecule has 122 valence electrons. The monoisotopic (exact) mass is 307 g/mol. The topological polar surface area (TPSA) is 75.6 Å². The summed E-state index contributed by atoms with van der Waals surface area (Å²) in [5.74, 6) is -1.07. The molecule has 1 unspecified atom stereocenters. The van der Waals surface area contributed by atoms with Crippen LogP contribution in [0.2, 0.25) is 0 Å². The number of aliphatic carboxylic acids is 1. The zero-order valence-electron chi connectivity index (χ0n) is 13.8. The number of carboxylic acid groups (broad SMARTS) is 1. The van der Waals surface area contributed by atoms with E-state index in [1.807, 2.05) is 44.2 Å². The van der Waals surface area contributed by atoms with Crippen molar-refractivity contribution in [2.75, 3.05) is 0 Å². The van der Waals surface area contributed by atoms with Gasteiger partial charge in [0, 0.05) is 0 Å². The van der Waals surface area contributed by atoms with E-state index in [-0.39, 0.29) is 11.8 Å². The summed E-state index contributed by atoms with van der Waals surface area (Å²) in [6.07, 6.45) is -0.449.